The lowest BCUT2D eigenvalue weighted by Gasteiger charge is -2.20. The summed E-state index contributed by atoms with van der Waals surface area (Å²) in [5.41, 5.74) is 7.14. The summed E-state index contributed by atoms with van der Waals surface area (Å²) in [7, 11) is 0. The predicted octanol–water partition coefficient (Wildman–Crippen LogP) is 0.600. The van der Waals surface area contributed by atoms with Gasteiger partial charge in [-0.2, -0.15) is 5.26 Å². The third-order valence-electron chi connectivity index (χ3n) is 3.31. The average Bonchev–Trinajstić information content (AvgIpc) is 2.86. The van der Waals surface area contributed by atoms with Crippen molar-refractivity contribution in [3.05, 3.63) is 29.8 Å². The van der Waals surface area contributed by atoms with E-state index in [-0.39, 0.29) is 11.9 Å². The van der Waals surface area contributed by atoms with Crippen LogP contribution in [-0.4, -0.2) is 31.1 Å². The molecule has 0 bridgehead atoms. The van der Waals surface area contributed by atoms with Crippen molar-refractivity contribution in [2.75, 3.05) is 18.0 Å². The maximum atomic E-state index is 11.6. The second-order valence-corrected chi connectivity index (χ2v) is 4.86. The van der Waals surface area contributed by atoms with Gasteiger partial charge in [-0.15, -0.1) is 0 Å². The van der Waals surface area contributed by atoms with Gasteiger partial charge in [-0.05, 0) is 25.5 Å². The molecule has 0 aromatic heterocycles. The molecular formula is C14H18N4O. The van der Waals surface area contributed by atoms with Crippen LogP contribution < -0.4 is 16.0 Å². The average molecular weight is 258 g/mol. The van der Waals surface area contributed by atoms with Crippen LogP contribution in [0.4, 0.5) is 5.69 Å². The summed E-state index contributed by atoms with van der Waals surface area (Å²) in [5.74, 6) is -0.125. The lowest BCUT2D eigenvalue weighted by atomic mass is 10.2. The molecule has 0 saturated carbocycles. The first-order valence-electron chi connectivity index (χ1n) is 6.42. The zero-order valence-corrected chi connectivity index (χ0v) is 11.0. The minimum absolute atomic E-state index is 0.102. The number of carbonyl (C=O) groups excluding carboxylic acids is 1. The monoisotopic (exact) mass is 258 g/mol. The van der Waals surface area contributed by atoms with Crippen LogP contribution in [-0.2, 0) is 4.79 Å². The first kappa shape index (κ1) is 13.4. The van der Waals surface area contributed by atoms with Crippen molar-refractivity contribution in [2.24, 2.45) is 5.73 Å². The lowest BCUT2D eigenvalue weighted by Crippen LogP contribution is -2.44. The molecule has 1 saturated heterocycles. The van der Waals surface area contributed by atoms with Crippen LogP contribution in [0.2, 0.25) is 0 Å². The fraction of sp³-hybridized carbons (Fsp3) is 0.429. The fourth-order valence-corrected chi connectivity index (χ4v) is 2.27. The largest absolute Gasteiger partial charge is 0.368 e. The minimum Gasteiger partial charge on any atom is -0.368 e. The van der Waals surface area contributed by atoms with Crippen molar-refractivity contribution in [2.45, 2.75) is 25.4 Å². The summed E-state index contributed by atoms with van der Waals surface area (Å²) >= 11 is 0. The van der Waals surface area contributed by atoms with Crippen molar-refractivity contribution in [3.63, 3.8) is 0 Å². The number of nitrogens with two attached hydrogens (primary N) is 1. The van der Waals surface area contributed by atoms with Crippen LogP contribution in [0, 0.1) is 11.3 Å². The molecule has 0 radical (unpaired) electrons. The molecule has 0 spiro atoms. The van der Waals surface area contributed by atoms with Gasteiger partial charge in [0.2, 0.25) is 5.91 Å². The second kappa shape index (κ2) is 5.72. The Morgan fingerprint density at radius 3 is 3.00 bits per heavy atom. The Hall–Kier alpha value is -2.06. The van der Waals surface area contributed by atoms with Gasteiger partial charge in [-0.1, -0.05) is 12.1 Å². The zero-order valence-electron chi connectivity index (χ0n) is 11.0. The second-order valence-electron chi connectivity index (χ2n) is 4.86. The van der Waals surface area contributed by atoms with E-state index in [4.69, 9.17) is 11.0 Å². The van der Waals surface area contributed by atoms with E-state index in [1.807, 2.05) is 24.3 Å². The van der Waals surface area contributed by atoms with Crippen molar-refractivity contribution in [1.82, 2.24) is 5.32 Å². The van der Waals surface area contributed by atoms with Gasteiger partial charge in [-0.3, -0.25) is 4.79 Å². The topological polar surface area (TPSA) is 82.2 Å². The molecule has 5 nitrogen and oxygen atoms in total. The van der Waals surface area contributed by atoms with Gasteiger partial charge in [-0.25, -0.2) is 0 Å². The number of rotatable bonds is 3. The van der Waals surface area contributed by atoms with Crippen molar-refractivity contribution >= 4 is 11.6 Å². The third kappa shape index (κ3) is 3.04. The Bertz CT molecular complexity index is 506. The van der Waals surface area contributed by atoms with E-state index in [1.165, 1.54) is 0 Å². The van der Waals surface area contributed by atoms with Gasteiger partial charge in [0, 0.05) is 19.1 Å². The number of amides is 1. The van der Waals surface area contributed by atoms with Gasteiger partial charge in [0.1, 0.15) is 6.07 Å². The van der Waals surface area contributed by atoms with Crippen molar-refractivity contribution in [1.29, 1.82) is 5.26 Å². The molecule has 2 rings (SSSR count). The number of nitriles is 1. The molecule has 0 aliphatic carbocycles. The quantitative estimate of drug-likeness (QED) is 0.831. The molecule has 0 unspecified atom stereocenters. The summed E-state index contributed by atoms with van der Waals surface area (Å²) < 4.78 is 0. The number of hydrogen-bond donors (Lipinski definition) is 2. The summed E-state index contributed by atoms with van der Waals surface area (Å²) in [5, 5.41) is 12.0. The number of benzene rings is 1. The van der Waals surface area contributed by atoms with Gasteiger partial charge in [0.15, 0.2) is 0 Å². The molecule has 100 valence electrons. The molecule has 2 atom stereocenters. The van der Waals surface area contributed by atoms with Crippen molar-refractivity contribution in [3.8, 4) is 6.07 Å². The van der Waals surface area contributed by atoms with E-state index in [0.29, 0.717) is 5.56 Å². The first-order valence-corrected chi connectivity index (χ1v) is 6.42. The van der Waals surface area contributed by atoms with Crippen LogP contribution in [0.15, 0.2) is 24.3 Å². The van der Waals surface area contributed by atoms with Gasteiger partial charge in [0.05, 0.1) is 17.3 Å². The number of hydrogen-bond acceptors (Lipinski definition) is 4. The van der Waals surface area contributed by atoms with E-state index < -0.39 is 6.04 Å². The Morgan fingerprint density at radius 1 is 1.58 bits per heavy atom. The van der Waals surface area contributed by atoms with E-state index >= 15 is 0 Å². The molecular weight excluding hydrogens is 240 g/mol. The smallest absolute Gasteiger partial charge is 0.236 e. The molecule has 5 heteroatoms. The van der Waals surface area contributed by atoms with E-state index in [2.05, 4.69) is 16.3 Å². The first-order chi connectivity index (χ1) is 9.11. The molecule has 1 aliphatic rings. The van der Waals surface area contributed by atoms with Gasteiger partial charge >= 0.3 is 0 Å². The molecule has 1 aromatic carbocycles. The maximum absolute atomic E-state index is 11.6. The minimum atomic E-state index is -0.486. The maximum Gasteiger partial charge on any atom is 0.236 e. The Kier molecular flexibility index (Phi) is 4.03. The highest BCUT2D eigenvalue weighted by Crippen LogP contribution is 2.23. The summed E-state index contributed by atoms with van der Waals surface area (Å²) in [6.45, 7) is 3.23. The highest BCUT2D eigenvalue weighted by Gasteiger charge is 2.25. The molecule has 1 aromatic rings. The molecule has 1 aliphatic heterocycles. The molecule has 3 N–H and O–H groups in total. The summed E-state index contributed by atoms with van der Waals surface area (Å²) in [4.78, 5) is 13.7. The van der Waals surface area contributed by atoms with Gasteiger partial charge in [0.25, 0.3) is 0 Å². The lowest BCUT2D eigenvalue weighted by molar-refractivity contribution is -0.122. The number of anilines is 1. The predicted molar refractivity (Wildman–Crippen MR) is 73.6 cm³/mol. The number of nitrogens with zero attached hydrogens (tertiary/aromatic N) is 2. The van der Waals surface area contributed by atoms with Crippen LogP contribution in [0.5, 0.6) is 0 Å². The highest BCUT2D eigenvalue weighted by atomic mass is 16.2. The molecule has 1 fully saturated rings. The molecule has 1 heterocycles. The van der Waals surface area contributed by atoms with Crippen LogP contribution in [0.25, 0.3) is 0 Å². The van der Waals surface area contributed by atoms with E-state index in [9.17, 15) is 4.79 Å². The van der Waals surface area contributed by atoms with Crippen LogP contribution in [0.3, 0.4) is 0 Å². The Balaban J connectivity index is 2.03. The van der Waals surface area contributed by atoms with Crippen LogP contribution >= 0.6 is 0 Å². The fourth-order valence-electron chi connectivity index (χ4n) is 2.27. The van der Waals surface area contributed by atoms with E-state index in [1.54, 1.807) is 6.92 Å². The summed E-state index contributed by atoms with van der Waals surface area (Å²) in [6, 6.07) is 9.34. The molecule has 19 heavy (non-hydrogen) atoms. The van der Waals surface area contributed by atoms with Gasteiger partial charge < -0.3 is 16.0 Å². The molecule has 1 amide bonds. The van der Waals surface area contributed by atoms with Crippen molar-refractivity contribution < 1.29 is 4.79 Å². The Morgan fingerprint density at radius 2 is 2.32 bits per heavy atom. The SMILES string of the molecule is C[C@H](N)C(=O)N[C@H]1CCN(c2ccccc2C#N)C1. The highest BCUT2D eigenvalue weighted by molar-refractivity contribution is 5.81. The number of nitrogens with one attached hydrogen (secondary N) is 1. The summed E-state index contributed by atoms with van der Waals surface area (Å²) in [6.07, 6.45) is 0.873. The normalized spacial score (nSPS) is 19.8. The Labute approximate surface area is 113 Å². The number of para-hydroxylation sites is 1. The van der Waals surface area contributed by atoms with Crippen LogP contribution in [0.1, 0.15) is 18.9 Å². The van der Waals surface area contributed by atoms with E-state index in [0.717, 1.165) is 25.2 Å². The number of carbonyl (C=O) groups is 1. The standard InChI is InChI=1S/C14H18N4O/c1-10(16)14(19)17-12-6-7-18(9-12)13-5-3-2-4-11(13)8-15/h2-5,10,12H,6-7,9,16H2,1H3,(H,17,19)/t10-,12-/m0/s1. The third-order valence-corrected chi connectivity index (χ3v) is 3.31. The zero-order chi connectivity index (χ0) is 13.8.